The highest BCUT2D eigenvalue weighted by Gasteiger charge is 2.29. The standard InChI is InChI=1S/C34H39ClO4/c1-3-5-6-8-24-9-18-29(19-10-24)38-34(37)28-16-20-30(21-17-28)39-33(36)27-14-12-26(13-15-27)31-22-11-25(7-4-2)23-32(31)35/h9-10,12-21,25,31-32H,3-8,11,22-23H2,1-2H3. The predicted molar refractivity (Wildman–Crippen MR) is 157 cm³/mol. The third kappa shape index (κ3) is 8.19. The maximum absolute atomic E-state index is 12.7. The molecule has 0 aromatic heterocycles. The number of alkyl halides is 1. The number of ether oxygens (including phenoxy) is 2. The number of esters is 2. The minimum Gasteiger partial charge on any atom is -0.423 e. The van der Waals surface area contributed by atoms with Gasteiger partial charge in [-0.05, 0) is 97.7 Å². The molecule has 1 aliphatic rings. The molecule has 4 nitrogen and oxygen atoms in total. The Morgan fingerprint density at radius 3 is 1.85 bits per heavy atom. The molecule has 0 spiro atoms. The van der Waals surface area contributed by atoms with Crippen molar-refractivity contribution in [2.75, 3.05) is 0 Å². The van der Waals surface area contributed by atoms with Crippen LogP contribution in [0.1, 0.15) is 103 Å². The molecule has 0 heterocycles. The molecule has 39 heavy (non-hydrogen) atoms. The monoisotopic (exact) mass is 546 g/mol. The summed E-state index contributed by atoms with van der Waals surface area (Å²) >= 11 is 6.74. The van der Waals surface area contributed by atoms with Gasteiger partial charge in [0.1, 0.15) is 11.5 Å². The number of halogens is 1. The van der Waals surface area contributed by atoms with Gasteiger partial charge in [0.05, 0.1) is 11.1 Å². The van der Waals surface area contributed by atoms with Crippen LogP contribution in [-0.4, -0.2) is 17.3 Å². The molecule has 1 saturated carbocycles. The number of hydrogen-bond acceptors (Lipinski definition) is 4. The van der Waals surface area contributed by atoms with E-state index >= 15 is 0 Å². The van der Waals surface area contributed by atoms with Crippen LogP contribution in [0.4, 0.5) is 0 Å². The van der Waals surface area contributed by atoms with Crippen LogP contribution >= 0.6 is 11.6 Å². The van der Waals surface area contributed by atoms with Gasteiger partial charge in [-0.25, -0.2) is 9.59 Å². The SMILES string of the molecule is CCCCCc1ccc(OC(=O)c2ccc(OC(=O)c3ccc(C4CCC(CCC)CC4Cl)cc3)cc2)cc1. The Balaban J connectivity index is 1.28. The van der Waals surface area contributed by atoms with Crippen molar-refractivity contribution in [3.05, 3.63) is 95.1 Å². The molecule has 0 N–H and O–H groups in total. The van der Waals surface area contributed by atoms with Gasteiger partial charge >= 0.3 is 11.9 Å². The fraction of sp³-hybridized carbons (Fsp3) is 0.412. The third-order valence-corrected chi connectivity index (χ3v) is 8.14. The van der Waals surface area contributed by atoms with Crippen LogP contribution in [0.3, 0.4) is 0 Å². The molecule has 0 radical (unpaired) electrons. The first-order valence-corrected chi connectivity index (χ1v) is 14.8. The highest BCUT2D eigenvalue weighted by molar-refractivity contribution is 6.21. The molecule has 1 fully saturated rings. The van der Waals surface area contributed by atoms with Gasteiger partial charge < -0.3 is 9.47 Å². The van der Waals surface area contributed by atoms with Gasteiger partial charge in [0.15, 0.2) is 0 Å². The van der Waals surface area contributed by atoms with Crippen molar-refractivity contribution in [2.45, 2.75) is 82.9 Å². The molecular weight excluding hydrogens is 508 g/mol. The maximum atomic E-state index is 12.7. The quantitative estimate of drug-likeness (QED) is 0.104. The number of aryl methyl sites for hydroxylation is 1. The molecule has 0 saturated heterocycles. The molecule has 206 valence electrons. The molecule has 3 aromatic rings. The Kier molecular flexibility index (Phi) is 10.6. The van der Waals surface area contributed by atoms with E-state index < -0.39 is 11.9 Å². The number of unbranched alkanes of at least 4 members (excludes halogenated alkanes) is 2. The van der Waals surface area contributed by atoms with Crippen LogP contribution in [0, 0.1) is 5.92 Å². The van der Waals surface area contributed by atoms with E-state index in [1.807, 2.05) is 36.4 Å². The first-order valence-electron chi connectivity index (χ1n) is 14.3. The van der Waals surface area contributed by atoms with Crippen LogP contribution in [0.15, 0.2) is 72.8 Å². The molecule has 4 rings (SSSR count). The van der Waals surface area contributed by atoms with Gasteiger partial charge in [-0.3, -0.25) is 0 Å². The third-order valence-electron chi connectivity index (χ3n) is 7.66. The van der Waals surface area contributed by atoms with Crippen molar-refractivity contribution in [2.24, 2.45) is 5.92 Å². The summed E-state index contributed by atoms with van der Waals surface area (Å²) in [6.07, 6.45) is 10.4. The fourth-order valence-corrected chi connectivity index (χ4v) is 5.93. The van der Waals surface area contributed by atoms with Crippen molar-refractivity contribution in [3.8, 4) is 11.5 Å². The predicted octanol–water partition coefficient (Wildman–Crippen LogP) is 9.15. The van der Waals surface area contributed by atoms with E-state index in [4.69, 9.17) is 21.1 Å². The van der Waals surface area contributed by atoms with Crippen molar-refractivity contribution in [1.29, 1.82) is 0 Å². The summed E-state index contributed by atoms with van der Waals surface area (Å²) in [5, 5.41) is 0.133. The zero-order chi connectivity index (χ0) is 27.6. The van der Waals surface area contributed by atoms with E-state index in [9.17, 15) is 9.59 Å². The highest BCUT2D eigenvalue weighted by atomic mass is 35.5. The zero-order valence-corrected chi connectivity index (χ0v) is 23.8. The fourth-order valence-electron chi connectivity index (χ4n) is 5.40. The largest absolute Gasteiger partial charge is 0.423 e. The van der Waals surface area contributed by atoms with Gasteiger partial charge in [0.25, 0.3) is 0 Å². The molecular formula is C34H39ClO4. The van der Waals surface area contributed by atoms with E-state index in [0.29, 0.717) is 28.5 Å². The first-order chi connectivity index (χ1) is 19.0. The Labute approximate surface area is 237 Å². The van der Waals surface area contributed by atoms with E-state index in [1.165, 1.54) is 43.2 Å². The molecule has 3 unspecified atom stereocenters. The highest BCUT2D eigenvalue weighted by Crippen LogP contribution is 2.40. The molecule has 3 aromatic carbocycles. The second kappa shape index (κ2) is 14.3. The first kappa shape index (κ1) is 28.9. The molecule has 1 aliphatic carbocycles. The Morgan fingerprint density at radius 1 is 0.744 bits per heavy atom. The van der Waals surface area contributed by atoms with Crippen LogP contribution < -0.4 is 9.47 Å². The van der Waals surface area contributed by atoms with Crippen LogP contribution in [0.5, 0.6) is 11.5 Å². The minimum atomic E-state index is -0.455. The summed E-state index contributed by atoms with van der Waals surface area (Å²) in [5.41, 5.74) is 3.28. The van der Waals surface area contributed by atoms with Gasteiger partial charge in [0.2, 0.25) is 0 Å². The summed E-state index contributed by atoms with van der Waals surface area (Å²) < 4.78 is 11.0. The van der Waals surface area contributed by atoms with Gasteiger partial charge in [-0.1, -0.05) is 63.8 Å². The van der Waals surface area contributed by atoms with Crippen molar-refractivity contribution in [3.63, 3.8) is 0 Å². The lowest BCUT2D eigenvalue weighted by atomic mass is 9.77. The van der Waals surface area contributed by atoms with Gasteiger partial charge in [0, 0.05) is 11.3 Å². The molecule has 0 bridgehead atoms. The topological polar surface area (TPSA) is 52.6 Å². The number of hydrogen-bond donors (Lipinski definition) is 0. The molecule has 0 aliphatic heterocycles. The number of benzene rings is 3. The Hall–Kier alpha value is -3.11. The second-order valence-electron chi connectivity index (χ2n) is 10.6. The van der Waals surface area contributed by atoms with E-state index in [0.717, 1.165) is 31.6 Å². The molecule has 0 amide bonds. The average molecular weight is 547 g/mol. The summed E-state index contributed by atoms with van der Waals surface area (Å²) in [7, 11) is 0. The van der Waals surface area contributed by atoms with E-state index in [1.54, 1.807) is 36.4 Å². The Bertz CT molecular complexity index is 1200. The Morgan fingerprint density at radius 2 is 1.31 bits per heavy atom. The number of rotatable bonds is 11. The van der Waals surface area contributed by atoms with Crippen molar-refractivity contribution in [1.82, 2.24) is 0 Å². The molecule has 5 heteroatoms. The summed E-state index contributed by atoms with van der Waals surface area (Å²) in [6.45, 7) is 4.42. The molecule has 3 atom stereocenters. The van der Waals surface area contributed by atoms with Crippen LogP contribution in [-0.2, 0) is 6.42 Å². The normalized spacial score (nSPS) is 18.9. The lowest BCUT2D eigenvalue weighted by molar-refractivity contribution is 0.0730. The van der Waals surface area contributed by atoms with Crippen LogP contribution in [0.2, 0.25) is 0 Å². The second-order valence-corrected chi connectivity index (χ2v) is 11.2. The number of carbonyl (C=O) groups is 2. The lowest BCUT2D eigenvalue weighted by Crippen LogP contribution is -2.24. The summed E-state index contributed by atoms with van der Waals surface area (Å²) in [6, 6.07) is 21.7. The van der Waals surface area contributed by atoms with E-state index in [-0.39, 0.29) is 5.38 Å². The minimum absolute atomic E-state index is 0.133. The summed E-state index contributed by atoms with van der Waals surface area (Å²) in [5.74, 6) is 1.03. The maximum Gasteiger partial charge on any atom is 0.343 e. The number of carbonyl (C=O) groups excluding carboxylic acids is 2. The summed E-state index contributed by atoms with van der Waals surface area (Å²) in [4.78, 5) is 25.3. The average Bonchev–Trinajstić information content (AvgIpc) is 2.95. The zero-order valence-electron chi connectivity index (χ0n) is 23.0. The van der Waals surface area contributed by atoms with Gasteiger partial charge in [-0.15, -0.1) is 11.6 Å². The lowest BCUT2D eigenvalue weighted by Gasteiger charge is -2.33. The smallest absolute Gasteiger partial charge is 0.343 e. The van der Waals surface area contributed by atoms with Gasteiger partial charge in [-0.2, -0.15) is 0 Å². The van der Waals surface area contributed by atoms with Crippen LogP contribution in [0.25, 0.3) is 0 Å². The van der Waals surface area contributed by atoms with E-state index in [2.05, 4.69) is 13.8 Å². The van der Waals surface area contributed by atoms with Crippen molar-refractivity contribution >= 4 is 23.5 Å². The van der Waals surface area contributed by atoms with Crippen molar-refractivity contribution < 1.29 is 19.1 Å².